The largest absolute Gasteiger partial charge is 0.497 e. The lowest BCUT2D eigenvalue weighted by atomic mass is 10.2. The monoisotopic (exact) mass is 269 g/mol. The van der Waals surface area contributed by atoms with Gasteiger partial charge in [0.1, 0.15) is 17.0 Å². The van der Waals surface area contributed by atoms with Gasteiger partial charge in [-0.3, -0.25) is 4.55 Å². The van der Waals surface area contributed by atoms with Crippen LogP contribution in [0.5, 0.6) is 5.75 Å². The molecule has 7 heteroatoms. The van der Waals surface area contributed by atoms with Crippen molar-refractivity contribution in [1.82, 2.24) is 5.10 Å². The normalized spacial score (nSPS) is 11.7. The van der Waals surface area contributed by atoms with E-state index in [1.165, 1.54) is 4.68 Å². The fraction of sp³-hybridized carbons (Fsp3) is 0.273. The number of aromatic nitrogens is 2. The van der Waals surface area contributed by atoms with Crippen LogP contribution in [0.4, 0.5) is 0 Å². The molecular weight excluding hydrogens is 256 g/mol. The molecule has 0 radical (unpaired) electrons. The molecule has 1 heterocycles. The highest BCUT2D eigenvalue weighted by atomic mass is 32.2. The van der Waals surface area contributed by atoms with E-state index in [1.807, 2.05) is 18.2 Å². The van der Waals surface area contributed by atoms with Crippen LogP contribution in [0.2, 0.25) is 0 Å². The third kappa shape index (κ3) is 3.14. The van der Waals surface area contributed by atoms with Crippen LogP contribution in [0.25, 0.3) is 10.9 Å². The Morgan fingerprint density at radius 3 is 2.83 bits per heavy atom. The van der Waals surface area contributed by atoms with Crippen molar-refractivity contribution < 1.29 is 22.4 Å². The Bertz CT molecular complexity index is 670. The molecule has 0 saturated heterocycles. The molecule has 1 aromatic heterocycles. The van der Waals surface area contributed by atoms with Crippen molar-refractivity contribution in [2.45, 2.75) is 6.54 Å². The molecule has 0 atom stereocenters. The van der Waals surface area contributed by atoms with Crippen LogP contribution >= 0.6 is 0 Å². The SMILES string of the molecule is COc1ccc2cc[n+](CCS(=O)(=O)O)nc2c1. The summed E-state index contributed by atoms with van der Waals surface area (Å²) in [5, 5.41) is 5.18. The van der Waals surface area contributed by atoms with Gasteiger partial charge in [-0.1, -0.05) is 4.68 Å². The number of ether oxygens (including phenoxy) is 1. The summed E-state index contributed by atoms with van der Waals surface area (Å²) in [6, 6.07) is 7.28. The van der Waals surface area contributed by atoms with E-state index < -0.39 is 10.1 Å². The van der Waals surface area contributed by atoms with Crippen molar-refractivity contribution in [2.24, 2.45) is 0 Å². The lowest BCUT2D eigenvalue weighted by Crippen LogP contribution is -2.40. The maximum absolute atomic E-state index is 10.7. The minimum atomic E-state index is -3.97. The van der Waals surface area contributed by atoms with E-state index in [0.29, 0.717) is 11.3 Å². The predicted octanol–water partition coefficient (Wildman–Crippen LogP) is 0.419. The number of nitrogens with zero attached hydrogens (tertiary/aromatic N) is 2. The molecule has 1 N–H and O–H groups in total. The molecule has 0 spiro atoms. The summed E-state index contributed by atoms with van der Waals surface area (Å²) in [6.07, 6.45) is 1.67. The molecular formula is C11H13N2O4S+. The van der Waals surface area contributed by atoms with Gasteiger partial charge in [0, 0.05) is 22.6 Å². The Labute approximate surface area is 105 Å². The van der Waals surface area contributed by atoms with Crippen LogP contribution in [-0.4, -0.2) is 30.9 Å². The van der Waals surface area contributed by atoms with Crippen molar-refractivity contribution in [3.05, 3.63) is 30.5 Å². The van der Waals surface area contributed by atoms with Gasteiger partial charge in [0.15, 0.2) is 12.7 Å². The molecule has 2 aromatic rings. The Kier molecular flexibility index (Phi) is 3.44. The van der Waals surface area contributed by atoms with Crippen LogP contribution in [0.15, 0.2) is 30.5 Å². The summed E-state index contributed by atoms with van der Waals surface area (Å²) in [7, 11) is -2.41. The Balaban J connectivity index is 2.31. The molecule has 0 aliphatic heterocycles. The summed E-state index contributed by atoms with van der Waals surface area (Å²) in [5.74, 6) is 0.322. The average molecular weight is 269 g/mol. The van der Waals surface area contributed by atoms with Gasteiger partial charge in [-0.2, -0.15) is 8.42 Å². The van der Waals surface area contributed by atoms with Gasteiger partial charge in [-0.15, -0.1) is 0 Å². The second kappa shape index (κ2) is 4.87. The molecule has 18 heavy (non-hydrogen) atoms. The van der Waals surface area contributed by atoms with Crippen LogP contribution in [-0.2, 0) is 16.7 Å². The molecule has 6 nitrogen and oxygen atoms in total. The zero-order chi connectivity index (χ0) is 13.2. The summed E-state index contributed by atoms with van der Waals surface area (Å²) < 4.78 is 36.6. The average Bonchev–Trinajstić information content (AvgIpc) is 2.34. The first-order valence-corrected chi connectivity index (χ1v) is 6.88. The number of rotatable bonds is 4. The van der Waals surface area contributed by atoms with Crippen LogP contribution < -0.4 is 9.42 Å². The lowest BCUT2D eigenvalue weighted by Gasteiger charge is -2.00. The molecule has 0 bridgehead atoms. The standard InChI is InChI=1S/C11H12N2O4S/c1-17-10-3-2-9-4-5-13(12-11(9)8-10)6-7-18(14,15)16/h2-5,8H,6-7H2,1H3/p+1. The number of benzene rings is 1. The summed E-state index contributed by atoms with van der Waals surface area (Å²) in [4.78, 5) is 0. The predicted molar refractivity (Wildman–Crippen MR) is 64.9 cm³/mol. The van der Waals surface area contributed by atoms with Crippen molar-refractivity contribution in [3.8, 4) is 5.75 Å². The van der Waals surface area contributed by atoms with E-state index in [0.717, 1.165) is 5.39 Å². The molecule has 0 aliphatic carbocycles. The Morgan fingerprint density at radius 1 is 1.39 bits per heavy atom. The second-order valence-corrected chi connectivity index (χ2v) is 5.36. The van der Waals surface area contributed by atoms with Gasteiger partial charge >= 0.3 is 0 Å². The zero-order valence-corrected chi connectivity index (χ0v) is 10.6. The van der Waals surface area contributed by atoms with E-state index in [1.54, 1.807) is 19.4 Å². The first-order valence-electron chi connectivity index (χ1n) is 5.28. The zero-order valence-electron chi connectivity index (χ0n) is 9.78. The van der Waals surface area contributed by atoms with Gasteiger partial charge in [0.2, 0.25) is 0 Å². The molecule has 1 aromatic carbocycles. The van der Waals surface area contributed by atoms with Gasteiger partial charge in [0.05, 0.1) is 7.11 Å². The fourth-order valence-electron chi connectivity index (χ4n) is 1.55. The quantitative estimate of drug-likeness (QED) is 0.642. The van der Waals surface area contributed by atoms with Gasteiger partial charge in [0.25, 0.3) is 10.1 Å². The van der Waals surface area contributed by atoms with Crippen LogP contribution in [0.1, 0.15) is 0 Å². The number of methoxy groups -OCH3 is 1. The van der Waals surface area contributed by atoms with Gasteiger partial charge in [-0.25, -0.2) is 0 Å². The second-order valence-electron chi connectivity index (χ2n) is 3.79. The molecule has 0 unspecified atom stereocenters. The number of aryl methyl sites for hydroxylation is 1. The summed E-state index contributed by atoms with van der Waals surface area (Å²) >= 11 is 0. The molecule has 0 saturated carbocycles. The van der Waals surface area contributed by atoms with E-state index in [2.05, 4.69) is 5.10 Å². The van der Waals surface area contributed by atoms with Crippen molar-refractivity contribution in [1.29, 1.82) is 0 Å². The highest BCUT2D eigenvalue weighted by molar-refractivity contribution is 7.85. The van der Waals surface area contributed by atoms with Crippen molar-refractivity contribution in [2.75, 3.05) is 12.9 Å². The summed E-state index contributed by atoms with van der Waals surface area (Å²) in [6.45, 7) is 0.103. The van der Waals surface area contributed by atoms with E-state index in [4.69, 9.17) is 9.29 Å². The topological polar surface area (TPSA) is 80.4 Å². The van der Waals surface area contributed by atoms with E-state index in [9.17, 15) is 8.42 Å². The fourth-order valence-corrected chi connectivity index (χ4v) is 1.97. The number of hydrogen-bond acceptors (Lipinski definition) is 4. The Hall–Kier alpha value is -1.73. The third-order valence-electron chi connectivity index (χ3n) is 2.48. The van der Waals surface area contributed by atoms with E-state index >= 15 is 0 Å². The third-order valence-corrected chi connectivity index (χ3v) is 3.18. The number of hydrogen-bond donors (Lipinski definition) is 1. The molecule has 0 fully saturated rings. The summed E-state index contributed by atoms with van der Waals surface area (Å²) in [5.41, 5.74) is 0.701. The van der Waals surface area contributed by atoms with Gasteiger partial charge < -0.3 is 4.74 Å². The highest BCUT2D eigenvalue weighted by Crippen LogP contribution is 2.16. The molecule has 0 amide bonds. The van der Waals surface area contributed by atoms with E-state index in [-0.39, 0.29) is 12.3 Å². The number of fused-ring (bicyclic) bond motifs is 1. The van der Waals surface area contributed by atoms with Crippen LogP contribution in [0, 0.1) is 0 Å². The minimum Gasteiger partial charge on any atom is -0.497 e. The van der Waals surface area contributed by atoms with Crippen molar-refractivity contribution >= 4 is 21.0 Å². The molecule has 96 valence electrons. The highest BCUT2D eigenvalue weighted by Gasteiger charge is 2.12. The molecule has 2 rings (SSSR count). The first-order chi connectivity index (χ1) is 8.48. The maximum Gasteiger partial charge on any atom is 0.271 e. The molecule has 0 aliphatic rings. The first kappa shape index (κ1) is 12.7. The Morgan fingerprint density at radius 2 is 2.17 bits per heavy atom. The van der Waals surface area contributed by atoms with Crippen LogP contribution in [0.3, 0.4) is 0 Å². The minimum absolute atomic E-state index is 0.103. The van der Waals surface area contributed by atoms with Gasteiger partial charge in [-0.05, 0) is 12.1 Å². The smallest absolute Gasteiger partial charge is 0.271 e. The lowest BCUT2D eigenvalue weighted by molar-refractivity contribution is -0.747. The maximum atomic E-state index is 10.7. The van der Waals surface area contributed by atoms with Crippen molar-refractivity contribution in [3.63, 3.8) is 0 Å².